The van der Waals surface area contributed by atoms with Crippen LogP contribution in [-0.4, -0.2) is 97.4 Å². The number of nitrogens with zero attached hydrogens (tertiary/aromatic N) is 3. The van der Waals surface area contributed by atoms with E-state index in [1.54, 1.807) is 39.8 Å². The molecule has 9 amide bonds. The van der Waals surface area contributed by atoms with Crippen molar-refractivity contribution in [2.24, 2.45) is 0 Å². The molecule has 3 atom stereocenters. The summed E-state index contributed by atoms with van der Waals surface area (Å²) in [6.07, 6.45) is 1.99. The van der Waals surface area contributed by atoms with Crippen LogP contribution in [0.4, 0.5) is 0 Å². The lowest BCUT2D eigenvalue weighted by Gasteiger charge is -2.29. The fraction of sp³-hybridized carbons (Fsp3) is 0.250. The van der Waals surface area contributed by atoms with Crippen LogP contribution in [0.5, 0.6) is 0 Å². The van der Waals surface area contributed by atoms with Crippen LogP contribution in [0.25, 0.3) is 0 Å². The van der Waals surface area contributed by atoms with Crippen LogP contribution < -0.4 is 16.0 Å². The molecule has 6 aromatic carbocycles. The van der Waals surface area contributed by atoms with Gasteiger partial charge in [-0.05, 0) is 109 Å². The molecule has 83 heavy (non-hydrogen) atoms. The molecule has 3 fully saturated rings. The summed E-state index contributed by atoms with van der Waals surface area (Å²) in [6, 6.07) is 45.6. The fourth-order valence-electron chi connectivity index (χ4n) is 9.60. The van der Waals surface area contributed by atoms with Gasteiger partial charge in [0.1, 0.15) is 18.1 Å². The van der Waals surface area contributed by atoms with Gasteiger partial charge in [0, 0.05) is 81.4 Å². The van der Waals surface area contributed by atoms with Crippen molar-refractivity contribution in [2.75, 3.05) is 0 Å². The van der Waals surface area contributed by atoms with E-state index in [0.29, 0.717) is 55.6 Å². The van der Waals surface area contributed by atoms with Crippen molar-refractivity contribution >= 4 is 148 Å². The standard InChI is InChI=1S/C20H18N2O3S.C13H11BrN2O3.C13H12N2O3S.C7H8S.C7H8.Al.3ClH/c23-18-9-8-17(19(24)21-18)22-11-14-10-15(6-7-16(14)20(22)25)26-12-13-4-2-1-3-5-13;14-8-1-2-9-7(5-8)6-16(13(9)19)10-3-4-11(17)15-12(10)18;16-11-4-3-10(12(17)14-11)15-6-7-5-8(19)1-2-9(7)13(15)18;8-6-7-4-2-1-3-5-7;1-7-5-3-2-4-6-7;;;;/h1-7,10,17H,8-9,11-12H2,(H,21,23,24);1-2,5,10H,3-4,6H2,(H,15,17,18);1-2,5,10,19H,3-4,6H2,(H,14,16,17);1-5,8H,6H2;2-6H,1H3;;3*1H/q;;;;;+3;;;/p-3. The van der Waals surface area contributed by atoms with Gasteiger partial charge in [-0.2, -0.15) is 12.6 Å². The summed E-state index contributed by atoms with van der Waals surface area (Å²) in [4.78, 5) is 113. The van der Waals surface area contributed by atoms with Crippen LogP contribution in [0.2, 0.25) is 0 Å². The Labute approximate surface area is 521 Å². The lowest BCUT2D eigenvalue weighted by atomic mass is 10.0. The summed E-state index contributed by atoms with van der Waals surface area (Å²) in [5.74, 6) is -0.679. The normalized spacial score (nSPS) is 18.3. The van der Waals surface area contributed by atoms with Crippen molar-refractivity contribution in [3.05, 3.63) is 200 Å². The number of carbonyl (C=O) groups is 9. The van der Waals surface area contributed by atoms with E-state index in [1.165, 1.54) is 21.6 Å². The number of imide groups is 3. The molecule has 3 unspecified atom stereocenters. The molecule has 23 heteroatoms. The molecule has 0 bridgehead atoms. The molecule has 0 spiro atoms. The number of aryl methyl sites for hydroxylation is 1. The van der Waals surface area contributed by atoms with Crippen molar-refractivity contribution in [1.29, 1.82) is 0 Å². The van der Waals surface area contributed by atoms with Crippen molar-refractivity contribution in [1.82, 2.24) is 30.7 Å². The van der Waals surface area contributed by atoms with E-state index >= 15 is 0 Å². The highest BCUT2D eigenvalue weighted by Gasteiger charge is 2.41. The Hall–Kier alpha value is -5.92. The van der Waals surface area contributed by atoms with Crippen LogP contribution in [0.15, 0.2) is 160 Å². The molecular weight excluding hydrogens is 1260 g/mol. The predicted molar refractivity (Wildman–Crippen MR) is 332 cm³/mol. The van der Waals surface area contributed by atoms with Gasteiger partial charge in [-0.3, -0.25) is 59.1 Å². The Balaban J connectivity index is 0.000000156. The van der Waals surface area contributed by atoms with Gasteiger partial charge in [0.25, 0.3) is 17.7 Å². The summed E-state index contributed by atoms with van der Waals surface area (Å²) in [7, 11) is 14.8. The highest BCUT2D eigenvalue weighted by Crippen LogP contribution is 2.33. The Morgan fingerprint density at radius 1 is 0.518 bits per heavy atom. The lowest BCUT2D eigenvalue weighted by molar-refractivity contribution is -0.138. The summed E-state index contributed by atoms with van der Waals surface area (Å²) in [5.41, 5.74) is 8.47. The van der Waals surface area contributed by atoms with Crippen LogP contribution >= 0.6 is 83.1 Å². The second kappa shape index (κ2) is 31.3. The van der Waals surface area contributed by atoms with Gasteiger partial charge >= 0.3 is 11.4 Å². The van der Waals surface area contributed by atoms with E-state index in [2.05, 4.69) is 100 Å². The Kier molecular flexibility index (Phi) is 24.4. The number of carbonyl (C=O) groups excluding carboxylic acids is 9. The van der Waals surface area contributed by atoms with E-state index in [0.717, 1.165) is 42.5 Å². The molecule has 0 saturated carbocycles. The summed E-state index contributed by atoms with van der Waals surface area (Å²) in [6.45, 7) is 3.31. The highest BCUT2D eigenvalue weighted by molar-refractivity contribution is 9.10. The smallest absolute Gasteiger partial charge is 0.322 e. The molecular formula is C60H57AlBrCl3N6O9S3. The van der Waals surface area contributed by atoms with Crippen LogP contribution in [-0.2, 0) is 59.9 Å². The lowest BCUT2D eigenvalue weighted by Crippen LogP contribution is -2.52. The van der Waals surface area contributed by atoms with Gasteiger partial charge in [-0.1, -0.05) is 112 Å². The van der Waals surface area contributed by atoms with Gasteiger partial charge in [0.05, 0.1) is 0 Å². The number of amides is 9. The van der Waals surface area contributed by atoms with Crippen LogP contribution in [0, 0.1) is 6.92 Å². The molecule has 15 nitrogen and oxygen atoms in total. The SMILES string of the molecule is Cc1ccccc1.O=C1CCC(N2Cc3cc(Br)ccc3C2=O)C(=O)N1.O=C1CCC(N2Cc3cc(S)ccc3C2=O)C(=O)N1.O=C1CCC(N2Cc3cc(SCc4ccccc4)ccc3C2=O)C(=O)N1.SCc1ccccc1.[Cl][Al]([Cl])[Cl]. The van der Waals surface area contributed by atoms with Gasteiger partial charge in [-0.25, -0.2) is 30.1 Å². The van der Waals surface area contributed by atoms with Crippen molar-refractivity contribution in [2.45, 2.75) is 105 Å². The molecule has 6 aliphatic rings. The van der Waals surface area contributed by atoms with Gasteiger partial charge < -0.3 is 14.7 Å². The minimum absolute atomic E-state index is 0.130. The minimum atomic E-state index is -1.72. The number of piperidine rings is 3. The summed E-state index contributed by atoms with van der Waals surface area (Å²) < 4.78 is 0.907. The van der Waals surface area contributed by atoms with Crippen molar-refractivity contribution in [3.63, 3.8) is 0 Å². The summed E-state index contributed by atoms with van der Waals surface area (Å²) >= 11 is 11.7. The Bertz CT molecular complexity index is 3270. The number of halogens is 4. The topological polar surface area (TPSA) is 199 Å². The average molecular weight is 1320 g/mol. The Morgan fingerprint density at radius 2 is 0.892 bits per heavy atom. The number of fused-ring (bicyclic) bond motifs is 3. The van der Waals surface area contributed by atoms with Gasteiger partial charge in [0.15, 0.2) is 0 Å². The third kappa shape index (κ3) is 18.3. The number of nitrogens with one attached hydrogen (secondary N) is 3. The van der Waals surface area contributed by atoms with Crippen molar-refractivity contribution < 1.29 is 43.2 Å². The van der Waals surface area contributed by atoms with E-state index in [-0.39, 0.29) is 72.4 Å². The first-order chi connectivity index (χ1) is 39.8. The molecule has 0 radical (unpaired) electrons. The Morgan fingerprint density at radius 3 is 1.28 bits per heavy atom. The second-order valence-corrected chi connectivity index (χ2v) is 28.7. The number of rotatable bonds is 7. The molecule has 0 aliphatic carbocycles. The molecule has 6 aliphatic heterocycles. The van der Waals surface area contributed by atoms with Gasteiger partial charge in [-0.15, -0.1) is 24.4 Å². The predicted octanol–water partition coefficient (Wildman–Crippen LogP) is 10.5. The maximum absolute atomic E-state index is 12.7. The van der Waals surface area contributed by atoms with E-state index in [9.17, 15) is 43.2 Å². The maximum atomic E-state index is 12.7. The van der Waals surface area contributed by atoms with E-state index < -0.39 is 29.5 Å². The van der Waals surface area contributed by atoms with E-state index in [4.69, 9.17) is 30.1 Å². The van der Waals surface area contributed by atoms with E-state index in [1.807, 2.05) is 91.0 Å². The van der Waals surface area contributed by atoms with Crippen LogP contribution in [0.3, 0.4) is 0 Å². The quantitative estimate of drug-likeness (QED) is 0.0444. The first-order valence-corrected chi connectivity index (χ1v) is 34.3. The molecule has 6 heterocycles. The zero-order valence-corrected chi connectivity index (χ0v) is 52.4. The molecule has 0 aromatic heterocycles. The van der Waals surface area contributed by atoms with Crippen molar-refractivity contribution in [3.8, 4) is 0 Å². The number of thiol groups is 2. The second-order valence-electron chi connectivity index (χ2n) is 19.5. The first kappa shape index (κ1) is 64.6. The maximum Gasteiger partial charge on any atom is 0.643 e. The molecule has 3 N–H and O–H groups in total. The zero-order valence-electron chi connectivity index (χ0n) is 44.8. The van der Waals surface area contributed by atoms with Gasteiger partial charge in [0.2, 0.25) is 35.4 Å². The molecule has 3 saturated heterocycles. The highest BCUT2D eigenvalue weighted by atomic mass is 79.9. The molecule has 12 rings (SSSR count). The monoisotopic (exact) mass is 1310 g/mol. The summed E-state index contributed by atoms with van der Waals surface area (Å²) in [5, 5.41) is 6.89. The zero-order chi connectivity index (χ0) is 59.7. The average Bonchev–Trinajstić information content (AvgIpc) is 4.15. The number of benzene rings is 6. The third-order valence-electron chi connectivity index (χ3n) is 13.7. The number of hydrogen-bond acceptors (Lipinski definition) is 12. The molecule has 430 valence electrons. The van der Waals surface area contributed by atoms with Crippen LogP contribution in [0.1, 0.15) is 103 Å². The largest absolute Gasteiger partial charge is 0.643 e. The number of thioether (sulfide) groups is 1. The molecule has 6 aromatic rings. The minimum Gasteiger partial charge on any atom is -0.322 e. The number of hydrogen-bond donors (Lipinski definition) is 5. The third-order valence-corrected chi connectivity index (χ3v) is 15.9. The fourth-order valence-corrected chi connectivity index (χ4v) is 11.4. The first-order valence-electron chi connectivity index (χ1n) is 26.2.